The highest BCUT2D eigenvalue weighted by Gasteiger charge is 2.25. The fraction of sp³-hybridized carbons (Fsp3) is 0.200. The van der Waals surface area contributed by atoms with E-state index in [0.717, 1.165) is 10.1 Å². The highest BCUT2D eigenvalue weighted by molar-refractivity contribution is 7.21. The van der Waals surface area contributed by atoms with Crippen molar-refractivity contribution in [2.75, 3.05) is 7.05 Å². The standard InChI is InChI=1S/C20H17ClFNO3S/c1-12(19(24)23(2)11-13-6-5-7-14(22)10-13)26-20(25)18-17(21)15-8-3-4-9-16(15)27-18/h3-10,12H,11H2,1-2H3/t12-/m0/s1. The summed E-state index contributed by atoms with van der Waals surface area (Å²) in [6.45, 7) is 1.71. The summed E-state index contributed by atoms with van der Waals surface area (Å²) in [5.41, 5.74) is 0.650. The molecular formula is C20H17ClFNO3S. The molecule has 1 amide bonds. The number of ether oxygens (including phenoxy) is 1. The molecule has 1 aromatic heterocycles. The minimum Gasteiger partial charge on any atom is -0.448 e. The summed E-state index contributed by atoms with van der Waals surface area (Å²) in [6.07, 6.45) is -0.989. The van der Waals surface area contributed by atoms with Crippen LogP contribution in [0, 0.1) is 5.82 Å². The molecule has 0 aliphatic carbocycles. The van der Waals surface area contributed by atoms with Crippen molar-refractivity contribution in [3.63, 3.8) is 0 Å². The Kier molecular flexibility index (Phi) is 5.77. The van der Waals surface area contributed by atoms with Gasteiger partial charge >= 0.3 is 5.97 Å². The lowest BCUT2D eigenvalue weighted by Crippen LogP contribution is -2.37. The first-order chi connectivity index (χ1) is 12.9. The Balaban J connectivity index is 1.68. The van der Waals surface area contributed by atoms with Crippen LogP contribution in [-0.2, 0) is 16.1 Å². The van der Waals surface area contributed by atoms with Crippen molar-refractivity contribution >= 4 is 44.9 Å². The number of esters is 1. The Morgan fingerprint density at radius 2 is 1.96 bits per heavy atom. The second-order valence-corrected chi connectivity index (χ2v) is 7.54. The summed E-state index contributed by atoms with van der Waals surface area (Å²) < 4.78 is 19.5. The van der Waals surface area contributed by atoms with Crippen molar-refractivity contribution in [1.29, 1.82) is 0 Å². The number of fused-ring (bicyclic) bond motifs is 1. The van der Waals surface area contributed by atoms with E-state index in [1.165, 1.54) is 35.3 Å². The van der Waals surface area contributed by atoms with Crippen LogP contribution in [-0.4, -0.2) is 29.9 Å². The molecule has 1 heterocycles. The van der Waals surface area contributed by atoms with Crippen LogP contribution in [0.1, 0.15) is 22.2 Å². The lowest BCUT2D eigenvalue weighted by molar-refractivity contribution is -0.139. The van der Waals surface area contributed by atoms with Crippen molar-refractivity contribution in [1.82, 2.24) is 4.90 Å². The van der Waals surface area contributed by atoms with E-state index in [2.05, 4.69) is 0 Å². The molecule has 0 fully saturated rings. The van der Waals surface area contributed by atoms with Gasteiger partial charge in [0.15, 0.2) is 6.10 Å². The van der Waals surface area contributed by atoms with Crippen molar-refractivity contribution in [2.24, 2.45) is 0 Å². The molecule has 0 radical (unpaired) electrons. The first kappa shape index (κ1) is 19.3. The molecule has 3 rings (SSSR count). The van der Waals surface area contributed by atoms with Gasteiger partial charge in [0.25, 0.3) is 5.91 Å². The molecule has 0 spiro atoms. The number of halogens is 2. The number of hydrogen-bond acceptors (Lipinski definition) is 4. The third kappa shape index (κ3) is 4.28. The molecule has 0 unspecified atom stereocenters. The van der Waals surface area contributed by atoms with Gasteiger partial charge < -0.3 is 9.64 Å². The molecule has 4 nitrogen and oxygen atoms in total. The summed E-state index contributed by atoms with van der Waals surface area (Å²) in [5, 5.41) is 1.10. The smallest absolute Gasteiger partial charge is 0.350 e. The van der Waals surface area contributed by atoms with Crippen molar-refractivity contribution < 1.29 is 18.7 Å². The Bertz CT molecular complexity index is 1000. The van der Waals surface area contributed by atoms with E-state index in [-0.39, 0.29) is 23.1 Å². The monoisotopic (exact) mass is 405 g/mol. The molecule has 0 N–H and O–H groups in total. The average Bonchev–Trinajstić information content (AvgIpc) is 2.98. The van der Waals surface area contributed by atoms with Gasteiger partial charge in [-0.25, -0.2) is 9.18 Å². The van der Waals surface area contributed by atoms with E-state index in [4.69, 9.17) is 16.3 Å². The van der Waals surface area contributed by atoms with E-state index < -0.39 is 12.1 Å². The number of benzene rings is 2. The second-order valence-electron chi connectivity index (χ2n) is 6.11. The van der Waals surface area contributed by atoms with Crippen LogP contribution in [0.15, 0.2) is 48.5 Å². The number of carbonyl (C=O) groups is 2. The van der Waals surface area contributed by atoms with E-state index in [1.807, 2.05) is 24.3 Å². The van der Waals surface area contributed by atoms with Crippen molar-refractivity contribution in [3.05, 3.63) is 69.8 Å². The Hall–Kier alpha value is -2.44. The van der Waals surface area contributed by atoms with Gasteiger partial charge in [-0.3, -0.25) is 4.79 Å². The zero-order valence-corrected chi connectivity index (χ0v) is 16.3. The zero-order valence-electron chi connectivity index (χ0n) is 14.7. The minimum atomic E-state index is -0.989. The van der Waals surface area contributed by atoms with Crippen LogP contribution in [0.3, 0.4) is 0 Å². The molecule has 0 aliphatic rings. The lowest BCUT2D eigenvalue weighted by Gasteiger charge is -2.21. The average molecular weight is 406 g/mol. The van der Waals surface area contributed by atoms with Crippen molar-refractivity contribution in [3.8, 4) is 0 Å². The topological polar surface area (TPSA) is 46.6 Å². The first-order valence-electron chi connectivity index (χ1n) is 8.24. The van der Waals surface area contributed by atoms with Crippen molar-refractivity contribution in [2.45, 2.75) is 19.6 Å². The first-order valence-corrected chi connectivity index (χ1v) is 9.43. The van der Waals surface area contributed by atoms with E-state index >= 15 is 0 Å². The van der Waals surface area contributed by atoms with Gasteiger partial charge in [-0.05, 0) is 30.7 Å². The number of carbonyl (C=O) groups excluding carboxylic acids is 2. The predicted molar refractivity (Wildman–Crippen MR) is 105 cm³/mol. The quantitative estimate of drug-likeness (QED) is 0.567. The van der Waals surface area contributed by atoms with Gasteiger partial charge in [-0.1, -0.05) is 41.9 Å². The summed E-state index contributed by atoms with van der Waals surface area (Å²) in [6, 6.07) is 13.4. The molecule has 0 saturated heterocycles. The van der Waals surface area contributed by atoms with Crippen LogP contribution in [0.25, 0.3) is 10.1 Å². The summed E-state index contributed by atoms with van der Waals surface area (Å²) >= 11 is 7.50. The molecule has 0 bridgehead atoms. The molecular weight excluding hydrogens is 389 g/mol. The van der Waals surface area contributed by atoms with Gasteiger partial charge in [-0.15, -0.1) is 11.3 Å². The highest BCUT2D eigenvalue weighted by atomic mass is 35.5. The number of nitrogens with zero attached hydrogens (tertiary/aromatic N) is 1. The molecule has 0 aliphatic heterocycles. The summed E-state index contributed by atoms with van der Waals surface area (Å²) in [5.74, 6) is -1.39. The highest BCUT2D eigenvalue weighted by Crippen LogP contribution is 2.35. The van der Waals surface area contributed by atoms with Crippen LogP contribution in [0.2, 0.25) is 5.02 Å². The largest absolute Gasteiger partial charge is 0.448 e. The SMILES string of the molecule is C[C@H](OC(=O)c1sc2ccccc2c1Cl)C(=O)N(C)Cc1cccc(F)c1. The molecule has 1 atom stereocenters. The molecule has 3 aromatic rings. The molecule has 0 saturated carbocycles. The molecule has 27 heavy (non-hydrogen) atoms. The molecule has 7 heteroatoms. The number of thiophene rings is 1. The number of hydrogen-bond donors (Lipinski definition) is 0. The summed E-state index contributed by atoms with van der Waals surface area (Å²) in [7, 11) is 1.57. The predicted octanol–water partition coefficient (Wildman–Crippen LogP) is 4.90. The fourth-order valence-corrected chi connectivity index (χ4v) is 4.10. The van der Waals surface area contributed by atoms with Gasteiger partial charge in [0.2, 0.25) is 0 Å². The third-order valence-corrected chi connectivity index (χ3v) is 5.69. The maximum atomic E-state index is 13.3. The van der Waals surface area contributed by atoms with E-state index in [0.29, 0.717) is 10.6 Å². The van der Waals surface area contributed by atoms with Gasteiger partial charge in [0.1, 0.15) is 10.7 Å². The molecule has 140 valence electrons. The maximum absolute atomic E-state index is 13.3. The van der Waals surface area contributed by atoms with Gasteiger partial charge in [0, 0.05) is 23.7 Å². The van der Waals surface area contributed by atoms with Crippen LogP contribution >= 0.6 is 22.9 Å². The zero-order chi connectivity index (χ0) is 19.6. The second kappa shape index (κ2) is 8.06. The van der Waals surface area contributed by atoms with Crippen LogP contribution in [0.5, 0.6) is 0 Å². The Morgan fingerprint density at radius 3 is 2.67 bits per heavy atom. The molecule has 2 aromatic carbocycles. The number of rotatable bonds is 5. The lowest BCUT2D eigenvalue weighted by atomic mass is 10.2. The van der Waals surface area contributed by atoms with Gasteiger partial charge in [-0.2, -0.15) is 0 Å². The van der Waals surface area contributed by atoms with E-state index in [1.54, 1.807) is 19.2 Å². The third-order valence-electron chi connectivity index (χ3n) is 4.04. The Morgan fingerprint density at radius 1 is 1.22 bits per heavy atom. The normalized spacial score (nSPS) is 12.0. The number of amides is 1. The van der Waals surface area contributed by atoms with E-state index in [9.17, 15) is 14.0 Å². The Labute approximate surface area is 165 Å². The van der Waals surface area contributed by atoms with Crippen LogP contribution < -0.4 is 0 Å². The van der Waals surface area contributed by atoms with Crippen LogP contribution in [0.4, 0.5) is 4.39 Å². The fourth-order valence-electron chi connectivity index (χ4n) is 2.71. The summed E-state index contributed by atoms with van der Waals surface area (Å²) in [4.78, 5) is 26.6. The maximum Gasteiger partial charge on any atom is 0.350 e. The van der Waals surface area contributed by atoms with Gasteiger partial charge in [0.05, 0.1) is 5.02 Å². The minimum absolute atomic E-state index is 0.210. The number of likely N-dealkylation sites (N-methyl/N-ethyl adjacent to an activating group) is 1.